The van der Waals surface area contributed by atoms with Gasteiger partial charge < -0.3 is 19.6 Å². The highest BCUT2D eigenvalue weighted by Gasteiger charge is 2.29. The van der Waals surface area contributed by atoms with E-state index in [0.717, 1.165) is 30.8 Å². The van der Waals surface area contributed by atoms with Gasteiger partial charge in [-0.1, -0.05) is 0 Å². The van der Waals surface area contributed by atoms with Gasteiger partial charge in [-0.25, -0.2) is 4.79 Å². The molecule has 120 valence electrons. The summed E-state index contributed by atoms with van der Waals surface area (Å²) in [7, 11) is 1.90. The molecule has 0 aromatic rings. The lowest BCUT2D eigenvalue weighted by Gasteiger charge is -2.36. The van der Waals surface area contributed by atoms with Crippen molar-refractivity contribution in [2.24, 2.45) is 0 Å². The van der Waals surface area contributed by atoms with Gasteiger partial charge in [0.25, 0.3) is 0 Å². The molecule has 0 radical (unpaired) electrons. The SMILES string of the molecule is CN(C(=O)N1CCC(OCCC(=O)O)CC1)C1CCSC1. The van der Waals surface area contributed by atoms with Crippen molar-refractivity contribution in [2.75, 3.05) is 38.2 Å². The Morgan fingerprint density at radius 2 is 2.05 bits per heavy atom. The fourth-order valence-corrected chi connectivity index (χ4v) is 4.00. The Bertz CT molecular complexity index is 366. The van der Waals surface area contributed by atoms with Crippen LogP contribution in [0.4, 0.5) is 4.79 Å². The van der Waals surface area contributed by atoms with Crippen LogP contribution in [-0.4, -0.2) is 77.3 Å². The third-order valence-corrected chi connectivity index (χ3v) is 5.28. The summed E-state index contributed by atoms with van der Waals surface area (Å²) in [5.41, 5.74) is 0. The molecule has 2 aliphatic heterocycles. The van der Waals surface area contributed by atoms with E-state index in [1.807, 2.05) is 28.6 Å². The number of amides is 2. The molecule has 2 saturated heterocycles. The number of nitrogens with zero attached hydrogens (tertiary/aromatic N) is 2. The van der Waals surface area contributed by atoms with Gasteiger partial charge in [-0.2, -0.15) is 11.8 Å². The molecule has 2 heterocycles. The van der Waals surface area contributed by atoms with Crippen LogP contribution in [0.15, 0.2) is 0 Å². The molecule has 1 unspecified atom stereocenters. The average Bonchev–Trinajstić information content (AvgIpc) is 3.00. The second-order valence-electron chi connectivity index (χ2n) is 5.61. The number of aliphatic carboxylic acids is 1. The topological polar surface area (TPSA) is 70.1 Å². The van der Waals surface area contributed by atoms with Crippen LogP contribution in [0.1, 0.15) is 25.7 Å². The van der Waals surface area contributed by atoms with Gasteiger partial charge >= 0.3 is 12.0 Å². The van der Waals surface area contributed by atoms with E-state index in [2.05, 4.69) is 0 Å². The van der Waals surface area contributed by atoms with Gasteiger partial charge in [0.05, 0.1) is 19.1 Å². The second kappa shape index (κ2) is 7.89. The molecule has 0 aliphatic carbocycles. The fraction of sp³-hybridized carbons (Fsp3) is 0.857. The highest BCUT2D eigenvalue weighted by molar-refractivity contribution is 7.99. The zero-order valence-electron chi connectivity index (χ0n) is 12.5. The van der Waals surface area contributed by atoms with Gasteiger partial charge in [0, 0.05) is 31.9 Å². The highest BCUT2D eigenvalue weighted by atomic mass is 32.2. The summed E-state index contributed by atoms with van der Waals surface area (Å²) < 4.78 is 5.55. The van der Waals surface area contributed by atoms with Crippen molar-refractivity contribution >= 4 is 23.8 Å². The first-order chi connectivity index (χ1) is 10.1. The zero-order valence-corrected chi connectivity index (χ0v) is 13.3. The first kappa shape index (κ1) is 16.4. The van der Waals surface area contributed by atoms with Crippen LogP contribution in [0, 0.1) is 0 Å². The standard InChI is InChI=1S/C14H24N2O4S/c1-15(11-5-9-21-10-11)14(19)16-6-2-12(3-7-16)20-8-4-13(17)18/h11-12H,2-10H2,1H3,(H,17,18). The summed E-state index contributed by atoms with van der Waals surface area (Å²) in [4.78, 5) is 26.6. The summed E-state index contributed by atoms with van der Waals surface area (Å²) >= 11 is 1.91. The fourth-order valence-electron chi connectivity index (χ4n) is 2.73. The van der Waals surface area contributed by atoms with Gasteiger partial charge in [-0.3, -0.25) is 4.79 Å². The molecule has 1 atom stereocenters. The number of carboxylic acid groups (broad SMARTS) is 1. The van der Waals surface area contributed by atoms with E-state index in [0.29, 0.717) is 19.1 Å². The summed E-state index contributed by atoms with van der Waals surface area (Å²) in [5, 5.41) is 8.58. The first-order valence-electron chi connectivity index (χ1n) is 7.51. The number of carbonyl (C=O) groups is 2. The maximum Gasteiger partial charge on any atom is 0.320 e. The third kappa shape index (κ3) is 4.78. The van der Waals surface area contributed by atoms with E-state index in [9.17, 15) is 9.59 Å². The summed E-state index contributed by atoms with van der Waals surface area (Å²) in [5.74, 6) is 1.34. The van der Waals surface area contributed by atoms with E-state index in [4.69, 9.17) is 9.84 Å². The predicted molar refractivity (Wildman–Crippen MR) is 81.7 cm³/mol. The number of carbonyl (C=O) groups excluding carboxylic acids is 1. The number of urea groups is 1. The van der Waals surface area contributed by atoms with E-state index in [-0.39, 0.29) is 25.2 Å². The van der Waals surface area contributed by atoms with Crippen LogP contribution < -0.4 is 0 Å². The molecular weight excluding hydrogens is 292 g/mol. The number of ether oxygens (including phenoxy) is 1. The molecule has 2 amide bonds. The van der Waals surface area contributed by atoms with Crippen molar-refractivity contribution < 1.29 is 19.4 Å². The molecule has 0 aromatic heterocycles. The van der Waals surface area contributed by atoms with E-state index in [1.54, 1.807) is 0 Å². The predicted octanol–water partition coefficient (Wildman–Crippen LogP) is 1.50. The number of rotatable bonds is 5. The van der Waals surface area contributed by atoms with Crippen molar-refractivity contribution in [1.29, 1.82) is 0 Å². The van der Waals surface area contributed by atoms with E-state index in [1.165, 1.54) is 0 Å². The molecule has 21 heavy (non-hydrogen) atoms. The molecule has 1 N–H and O–H groups in total. The van der Waals surface area contributed by atoms with Crippen molar-refractivity contribution in [3.63, 3.8) is 0 Å². The van der Waals surface area contributed by atoms with Gasteiger partial charge in [0.1, 0.15) is 0 Å². The van der Waals surface area contributed by atoms with Crippen LogP contribution in [0.25, 0.3) is 0 Å². The third-order valence-electron chi connectivity index (χ3n) is 4.14. The van der Waals surface area contributed by atoms with Crippen molar-refractivity contribution in [2.45, 2.75) is 37.8 Å². The second-order valence-corrected chi connectivity index (χ2v) is 6.76. The lowest BCUT2D eigenvalue weighted by molar-refractivity contribution is -0.138. The number of thioether (sulfide) groups is 1. The molecule has 2 fully saturated rings. The number of carboxylic acids is 1. The zero-order chi connectivity index (χ0) is 15.2. The summed E-state index contributed by atoms with van der Waals surface area (Å²) in [6, 6.07) is 0.485. The minimum atomic E-state index is -0.835. The average molecular weight is 316 g/mol. The Morgan fingerprint density at radius 1 is 1.33 bits per heavy atom. The minimum Gasteiger partial charge on any atom is -0.481 e. The Hall–Kier alpha value is -0.950. The van der Waals surface area contributed by atoms with Crippen molar-refractivity contribution in [3.8, 4) is 0 Å². The Morgan fingerprint density at radius 3 is 2.62 bits per heavy atom. The minimum absolute atomic E-state index is 0.0429. The summed E-state index contributed by atoms with van der Waals surface area (Å²) in [6.07, 6.45) is 2.79. The van der Waals surface area contributed by atoms with Crippen molar-refractivity contribution in [3.05, 3.63) is 0 Å². The molecule has 0 spiro atoms. The van der Waals surface area contributed by atoms with Crippen LogP contribution in [0.3, 0.4) is 0 Å². The maximum atomic E-state index is 12.4. The quantitative estimate of drug-likeness (QED) is 0.832. The van der Waals surface area contributed by atoms with Gasteiger partial charge in [-0.05, 0) is 25.0 Å². The van der Waals surface area contributed by atoms with Gasteiger partial charge in [-0.15, -0.1) is 0 Å². The van der Waals surface area contributed by atoms with Crippen LogP contribution in [0.2, 0.25) is 0 Å². The number of piperidine rings is 1. The molecule has 0 saturated carbocycles. The normalized spacial score (nSPS) is 23.3. The largest absolute Gasteiger partial charge is 0.481 e. The van der Waals surface area contributed by atoms with Crippen LogP contribution in [0.5, 0.6) is 0 Å². The monoisotopic (exact) mass is 316 g/mol. The van der Waals surface area contributed by atoms with E-state index < -0.39 is 5.97 Å². The van der Waals surface area contributed by atoms with Crippen LogP contribution in [-0.2, 0) is 9.53 Å². The molecule has 7 heteroatoms. The number of hydrogen-bond donors (Lipinski definition) is 1. The number of hydrogen-bond acceptors (Lipinski definition) is 4. The molecular formula is C14H24N2O4S. The lowest BCUT2D eigenvalue weighted by atomic mass is 10.1. The lowest BCUT2D eigenvalue weighted by Crippen LogP contribution is -2.49. The van der Waals surface area contributed by atoms with Gasteiger partial charge in [0.15, 0.2) is 0 Å². The Kier molecular flexibility index (Phi) is 6.17. The molecule has 0 aromatic carbocycles. The van der Waals surface area contributed by atoms with Gasteiger partial charge in [0.2, 0.25) is 0 Å². The Labute approximate surface area is 129 Å². The van der Waals surface area contributed by atoms with E-state index >= 15 is 0 Å². The van der Waals surface area contributed by atoms with Crippen molar-refractivity contribution in [1.82, 2.24) is 9.80 Å². The maximum absolute atomic E-state index is 12.4. The molecule has 6 nitrogen and oxygen atoms in total. The Balaban J connectivity index is 1.70. The summed E-state index contributed by atoms with van der Waals surface area (Å²) in [6.45, 7) is 1.65. The molecule has 2 aliphatic rings. The highest BCUT2D eigenvalue weighted by Crippen LogP contribution is 2.23. The smallest absolute Gasteiger partial charge is 0.320 e. The molecule has 2 rings (SSSR count). The number of likely N-dealkylation sites (tertiary alicyclic amines) is 1. The molecule has 0 bridgehead atoms. The van der Waals surface area contributed by atoms with Crippen LogP contribution >= 0.6 is 11.8 Å². The first-order valence-corrected chi connectivity index (χ1v) is 8.66.